The molecule has 0 aliphatic carbocycles. The number of furan rings is 1. The minimum absolute atomic E-state index is 0.169. The zero-order chi connectivity index (χ0) is 14.0. The molecular weight excluding hydrogens is 313 g/mol. The summed E-state index contributed by atoms with van der Waals surface area (Å²) >= 11 is 3.16. The fourth-order valence-electron chi connectivity index (χ4n) is 1.74. The van der Waals surface area contributed by atoms with Gasteiger partial charge in [0.05, 0.1) is 6.04 Å². The van der Waals surface area contributed by atoms with Crippen LogP contribution >= 0.6 is 15.9 Å². The van der Waals surface area contributed by atoms with Crippen molar-refractivity contribution in [3.63, 3.8) is 0 Å². The van der Waals surface area contributed by atoms with Crippen LogP contribution in [0.3, 0.4) is 0 Å². The van der Waals surface area contributed by atoms with Gasteiger partial charge in [-0.1, -0.05) is 12.1 Å². The van der Waals surface area contributed by atoms with E-state index in [0.717, 1.165) is 5.56 Å². The Morgan fingerprint density at radius 2 is 1.89 bits per heavy atom. The zero-order valence-electron chi connectivity index (χ0n) is 10.6. The highest BCUT2D eigenvalue weighted by Gasteiger charge is 2.21. The van der Waals surface area contributed by atoms with Gasteiger partial charge in [-0.15, -0.1) is 0 Å². The largest absolute Gasteiger partial charge is 0.444 e. The number of rotatable bonds is 3. The monoisotopic (exact) mass is 325 g/mol. The summed E-state index contributed by atoms with van der Waals surface area (Å²) in [6.07, 6.45) is 0. The fourth-order valence-corrected chi connectivity index (χ4v) is 2.05. The number of amides is 1. The summed E-state index contributed by atoms with van der Waals surface area (Å²) in [5.74, 6) is -0.245. The van der Waals surface area contributed by atoms with Crippen molar-refractivity contribution in [3.05, 3.63) is 58.2 Å². The highest BCUT2D eigenvalue weighted by molar-refractivity contribution is 9.10. The minimum Gasteiger partial charge on any atom is -0.444 e. The molecule has 0 spiro atoms. The lowest BCUT2D eigenvalue weighted by atomic mass is 10.1. The van der Waals surface area contributed by atoms with Crippen LogP contribution in [0.4, 0.5) is 4.39 Å². The standard InChI is InChI=1S/C14H13BrFNO2/c1-9(10-3-5-11(16)6-4-10)17(2)14(18)12-7-8-13(15)19-12/h3-9H,1-2H3. The zero-order valence-corrected chi connectivity index (χ0v) is 12.1. The number of carbonyl (C=O) groups is 1. The summed E-state index contributed by atoms with van der Waals surface area (Å²) in [5, 5.41) is 0. The van der Waals surface area contributed by atoms with Crippen LogP contribution in [0.15, 0.2) is 45.5 Å². The average Bonchev–Trinajstić information content (AvgIpc) is 2.84. The summed E-state index contributed by atoms with van der Waals surface area (Å²) in [7, 11) is 1.69. The molecule has 0 fully saturated rings. The van der Waals surface area contributed by atoms with Gasteiger partial charge in [0.15, 0.2) is 10.4 Å². The van der Waals surface area contributed by atoms with Crippen LogP contribution in [0.25, 0.3) is 0 Å². The normalized spacial score (nSPS) is 12.2. The third-order valence-electron chi connectivity index (χ3n) is 3.04. The highest BCUT2D eigenvalue weighted by atomic mass is 79.9. The van der Waals surface area contributed by atoms with Gasteiger partial charge in [-0.05, 0) is 52.7 Å². The molecule has 0 N–H and O–H groups in total. The van der Waals surface area contributed by atoms with E-state index >= 15 is 0 Å². The quantitative estimate of drug-likeness (QED) is 0.854. The molecule has 2 rings (SSSR count). The van der Waals surface area contributed by atoms with Crippen LogP contribution in [-0.2, 0) is 0 Å². The van der Waals surface area contributed by atoms with Crippen molar-refractivity contribution in [2.24, 2.45) is 0 Å². The molecule has 5 heteroatoms. The Kier molecular flexibility index (Phi) is 4.04. The van der Waals surface area contributed by atoms with Crippen molar-refractivity contribution in [1.82, 2.24) is 4.90 Å². The first-order valence-electron chi connectivity index (χ1n) is 5.77. The van der Waals surface area contributed by atoms with E-state index in [-0.39, 0.29) is 23.5 Å². The van der Waals surface area contributed by atoms with Crippen LogP contribution in [0.2, 0.25) is 0 Å². The summed E-state index contributed by atoms with van der Waals surface area (Å²) in [4.78, 5) is 13.7. The van der Waals surface area contributed by atoms with Gasteiger partial charge in [-0.25, -0.2) is 4.39 Å². The number of halogens is 2. The minimum atomic E-state index is -0.292. The molecule has 1 heterocycles. The van der Waals surface area contributed by atoms with Crippen LogP contribution < -0.4 is 0 Å². The molecule has 1 aromatic heterocycles. The Balaban J connectivity index is 2.16. The lowest BCUT2D eigenvalue weighted by molar-refractivity contribution is 0.0709. The molecule has 0 saturated carbocycles. The van der Waals surface area contributed by atoms with Crippen LogP contribution in [0.5, 0.6) is 0 Å². The van der Waals surface area contributed by atoms with Crippen LogP contribution in [0, 0.1) is 5.82 Å². The Morgan fingerprint density at radius 1 is 1.26 bits per heavy atom. The number of hydrogen-bond donors (Lipinski definition) is 0. The van der Waals surface area contributed by atoms with E-state index in [1.54, 1.807) is 36.2 Å². The maximum atomic E-state index is 12.9. The molecule has 0 radical (unpaired) electrons. The maximum Gasteiger partial charge on any atom is 0.289 e. The molecule has 0 aliphatic heterocycles. The van der Waals surface area contributed by atoms with Crippen molar-refractivity contribution < 1.29 is 13.6 Å². The molecule has 100 valence electrons. The molecule has 1 unspecified atom stereocenters. The van der Waals surface area contributed by atoms with E-state index in [4.69, 9.17) is 4.42 Å². The molecule has 0 bridgehead atoms. The molecule has 3 nitrogen and oxygen atoms in total. The Labute approximate surface area is 119 Å². The molecule has 0 saturated heterocycles. The summed E-state index contributed by atoms with van der Waals surface area (Å²) in [6.45, 7) is 1.88. The van der Waals surface area contributed by atoms with Gasteiger partial charge >= 0.3 is 0 Å². The van der Waals surface area contributed by atoms with E-state index in [0.29, 0.717) is 4.67 Å². The molecule has 19 heavy (non-hydrogen) atoms. The third kappa shape index (κ3) is 3.04. The lowest BCUT2D eigenvalue weighted by Crippen LogP contribution is -2.29. The number of benzene rings is 1. The molecular formula is C14H13BrFNO2. The predicted octanol–water partition coefficient (Wildman–Crippen LogP) is 4.01. The van der Waals surface area contributed by atoms with E-state index in [1.165, 1.54) is 12.1 Å². The molecule has 1 amide bonds. The topological polar surface area (TPSA) is 33.5 Å². The van der Waals surface area contributed by atoms with Gasteiger partial charge in [0, 0.05) is 7.05 Å². The van der Waals surface area contributed by atoms with Gasteiger partial charge in [-0.2, -0.15) is 0 Å². The van der Waals surface area contributed by atoms with Gasteiger partial charge in [-0.3, -0.25) is 4.79 Å². The van der Waals surface area contributed by atoms with E-state index < -0.39 is 0 Å². The van der Waals surface area contributed by atoms with E-state index in [9.17, 15) is 9.18 Å². The molecule has 1 atom stereocenters. The smallest absolute Gasteiger partial charge is 0.289 e. The maximum absolute atomic E-state index is 12.9. The van der Waals surface area contributed by atoms with Crippen LogP contribution in [-0.4, -0.2) is 17.9 Å². The molecule has 1 aromatic carbocycles. The van der Waals surface area contributed by atoms with Gasteiger partial charge < -0.3 is 9.32 Å². The molecule has 2 aromatic rings. The number of carbonyl (C=O) groups excluding carboxylic acids is 1. The SMILES string of the molecule is CC(c1ccc(F)cc1)N(C)C(=O)c1ccc(Br)o1. The fraction of sp³-hybridized carbons (Fsp3) is 0.214. The van der Waals surface area contributed by atoms with E-state index in [1.807, 2.05) is 6.92 Å². The Hall–Kier alpha value is -1.62. The second kappa shape index (κ2) is 5.57. The molecule has 0 aliphatic rings. The van der Waals surface area contributed by atoms with Gasteiger partial charge in [0.1, 0.15) is 5.82 Å². The second-order valence-corrected chi connectivity index (χ2v) is 5.03. The number of nitrogens with zero attached hydrogens (tertiary/aromatic N) is 1. The van der Waals surface area contributed by atoms with E-state index in [2.05, 4.69) is 15.9 Å². The van der Waals surface area contributed by atoms with Crippen molar-refractivity contribution >= 4 is 21.8 Å². The second-order valence-electron chi connectivity index (χ2n) is 4.25. The van der Waals surface area contributed by atoms with Crippen molar-refractivity contribution in [3.8, 4) is 0 Å². The first-order valence-corrected chi connectivity index (χ1v) is 6.56. The lowest BCUT2D eigenvalue weighted by Gasteiger charge is -2.24. The van der Waals surface area contributed by atoms with Crippen molar-refractivity contribution in [2.75, 3.05) is 7.05 Å². The van der Waals surface area contributed by atoms with Gasteiger partial charge in [0.2, 0.25) is 0 Å². The van der Waals surface area contributed by atoms with Gasteiger partial charge in [0.25, 0.3) is 5.91 Å². The number of hydrogen-bond acceptors (Lipinski definition) is 2. The van der Waals surface area contributed by atoms with Crippen molar-refractivity contribution in [2.45, 2.75) is 13.0 Å². The summed E-state index contributed by atoms with van der Waals surface area (Å²) in [6, 6.07) is 9.21. The highest BCUT2D eigenvalue weighted by Crippen LogP contribution is 2.22. The summed E-state index contributed by atoms with van der Waals surface area (Å²) in [5.41, 5.74) is 0.864. The first-order chi connectivity index (χ1) is 8.99. The van der Waals surface area contributed by atoms with Crippen LogP contribution in [0.1, 0.15) is 29.1 Å². The third-order valence-corrected chi connectivity index (χ3v) is 3.46. The first kappa shape index (κ1) is 13.8. The average molecular weight is 326 g/mol. The predicted molar refractivity (Wildman–Crippen MR) is 73.3 cm³/mol. The Bertz CT molecular complexity index is 579. The Morgan fingerprint density at radius 3 is 2.42 bits per heavy atom. The summed E-state index contributed by atoms with van der Waals surface area (Å²) < 4.78 is 18.6. The van der Waals surface area contributed by atoms with Crippen molar-refractivity contribution in [1.29, 1.82) is 0 Å².